The molecule has 0 radical (unpaired) electrons. The van der Waals surface area contributed by atoms with Crippen LogP contribution in [0.25, 0.3) is 0 Å². The maximum atomic E-state index is 13.6. The molecule has 2 aliphatic rings. The summed E-state index contributed by atoms with van der Waals surface area (Å²) in [6, 6.07) is 13.9. The standard InChI is InChI=1S/C22H21NO7/c1-13-9-11-14(12-10-13)17-29-21(22(30-17,19(25)27-3)20(26)28-4)15-7-5-6-8-16(15)23(2)18(21)24/h5-12,17H,1-4H3/t17-,21+/m1/s1. The van der Waals surface area contributed by atoms with Crippen LogP contribution >= 0.6 is 0 Å². The summed E-state index contributed by atoms with van der Waals surface area (Å²) in [5.74, 6) is -2.79. The Morgan fingerprint density at radius 2 is 1.57 bits per heavy atom. The summed E-state index contributed by atoms with van der Waals surface area (Å²) in [6.07, 6.45) is -1.19. The zero-order valence-corrected chi connectivity index (χ0v) is 17.0. The first-order valence-corrected chi connectivity index (χ1v) is 9.30. The molecule has 2 aromatic carbocycles. The first-order chi connectivity index (χ1) is 14.3. The molecule has 1 amide bonds. The van der Waals surface area contributed by atoms with Crippen molar-refractivity contribution >= 4 is 23.5 Å². The maximum absolute atomic E-state index is 13.6. The molecule has 1 fully saturated rings. The van der Waals surface area contributed by atoms with Crippen LogP contribution in [-0.4, -0.2) is 44.7 Å². The van der Waals surface area contributed by atoms with Gasteiger partial charge in [0.05, 0.1) is 19.9 Å². The molecule has 1 spiro atoms. The molecule has 156 valence electrons. The van der Waals surface area contributed by atoms with Crippen molar-refractivity contribution in [3.63, 3.8) is 0 Å². The van der Waals surface area contributed by atoms with Gasteiger partial charge in [-0.1, -0.05) is 48.0 Å². The molecule has 2 aliphatic heterocycles. The second-order valence-corrected chi connectivity index (χ2v) is 7.21. The van der Waals surface area contributed by atoms with E-state index >= 15 is 0 Å². The molecule has 0 saturated carbocycles. The van der Waals surface area contributed by atoms with Crippen LogP contribution in [0.15, 0.2) is 48.5 Å². The van der Waals surface area contributed by atoms with Gasteiger partial charge in [0.15, 0.2) is 6.29 Å². The lowest BCUT2D eigenvalue weighted by Gasteiger charge is -2.33. The Morgan fingerprint density at radius 1 is 0.967 bits per heavy atom. The van der Waals surface area contributed by atoms with Crippen LogP contribution in [0.1, 0.15) is 23.0 Å². The van der Waals surface area contributed by atoms with Crippen molar-refractivity contribution in [2.75, 3.05) is 26.2 Å². The number of amides is 1. The number of fused-ring (bicyclic) bond motifs is 2. The summed E-state index contributed by atoms with van der Waals surface area (Å²) in [7, 11) is 3.76. The van der Waals surface area contributed by atoms with Crippen LogP contribution in [0.4, 0.5) is 5.69 Å². The first kappa shape index (κ1) is 20.1. The Balaban J connectivity index is 2.00. The lowest BCUT2D eigenvalue weighted by molar-refractivity contribution is -0.193. The van der Waals surface area contributed by atoms with Gasteiger partial charge >= 0.3 is 17.5 Å². The number of methoxy groups -OCH3 is 2. The highest BCUT2D eigenvalue weighted by Crippen LogP contribution is 2.58. The second-order valence-electron chi connectivity index (χ2n) is 7.21. The number of hydrogen-bond acceptors (Lipinski definition) is 7. The van der Waals surface area contributed by atoms with Gasteiger partial charge in [0.1, 0.15) is 0 Å². The molecule has 4 rings (SSSR count). The third kappa shape index (κ3) is 2.37. The number of anilines is 1. The Labute approximate surface area is 173 Å². The van der Waals surface area contributed by atoms with Gasteiger partial charge < -0.3 is 23.8 Å². The minimum Gasteiger partial charge on any atom is -0.466 e. The molecule has 0 N–H and O–H groups in total. The fraction of sp³-hybridized carbons (Fsp3) is 0.318. The number of likely N-dealkylation sites (N-methyl/N-ethyl adjacent to an activating group) is 1. The highest BCUT2D eigenvalue weighted by atomic mass is 16.8. The number of rotatable bonds is 3. The molecule has 8 heteroatoms. The van der Waals surface area contributed by atoms with Gasteiger partial charge in [0, 0.05) is 18.2 Å². The largest absolute Gasteiger partial charge is 0.466 e. The van der Waals surface area contributed by atoms with Crippen LogP contribution in [0, 0.1) is 6.92 Å². The van der Waals surface area contributed by atoms with Gasteiger partial charge in [-0.05, 0) is 13.0 Å². The molecular weight excluding hydrogens is 390 g/mol. The minimum absolute atomic E-state index is 0.322. The van der Waals surface area contributed by atoms with E-state index in [1.807, 2.05) is 19.1 Å². The zero-order valence-electron chi connectivity index (χ0n) is 17.0. The molecular formula is C22H21NO7. The third-order valence-corrected chi connectivity index (χ3v) is 5.61. The van der Waals surface area contributed by atoms with E-state index < -0.39 is 35.3 Å². The number of hydrogen-bond donors (Lipinski definition) is 0. The Bertz CT molecular complexity index is 1020. The minimum atomic E-state index is -2.48. The summed E-state index contributed by atoms with van der Waals surface area (Å²) >= 11 is 0. The molecule has 0 aliphatic carbocycles. The van der Waals surface area contributed by atoms with Gasteiger partial charge in [-0.3, -0.25) is 4.79 Å². The topological polar surface area (TPSA) is 91.4 Å². The number of carbonyl (C=O) groups is 3. The molecule has 8 nitrogen and oxygen atoms in total. The fourth-order valence-corrected chi connectivity index (χ4v) is 4.10. The average Bonchev–Trinajstić information content (AvgIpc) is 3.24. The van der Waals surface area contributed by atoms with E-state index in [2.05, 4.69) is 0 Å². The van der Waals surface area contributed by atoms with E-state index in [-0.39, 0.29) is 0 Å². The van der Waals surface area contributed by atoms with Crippen molar-refractivity contribution in [2.24, 2.45) is 0 Å². The number of para-hydroxylation sites is 1. The van der Waals surface area contributed by atoms with Gasteiger partial charge in [-0.15, -0.1) is 0 Å². The van der Waals surface area contributed by atoms with Crippen LogP contribution < -0.4 is 4.90 Å². The molecule has 30 heavy (non-hydrogen) atoms. The smallest absolute Gasteiger partial charge is 0.354 e. The number of benzene rings is 2. The van der Waals surface area contributed by atoms with Crippen molar-refractivity contribution in [3.8, 4) is 0 Å². The first-order valence-electron chi connectivity index (χ1n) is 9.30. The summed E-state index contributed by atoms with van der Waals surface area (Å²) < 4.78 is 22.0. The van der Waals surface area contributed by atoms with Gasteiger partial charge in [0.2, 0.25) is 5.60 Å². The van der Waals surface area contributed by atoms with Crippen molar-refractivity contribution in [2.45, 2.75) is 24.4 Å². The van der Waals surface area contributed by atoms with Crippen LogP contribution in [0.2, 0.25) is 0 Å². The van der Waals surface area contributed by atoms with Crippen molar-refractivity contribution in [1.82, 2.24) is 0 Å². The second kappa shape index (κ2) is 6.93. The van der Waals surface area contributed by atoms with Gasteiger partial charge in [-0.2, -0.15) is 0 Å². The van der Waals surface area contributed by atoms with E-state index in [4.69, 9.17) is 18.9 Å². The number of aryl methyl sites for hydroxylation is 1. The summed E-state index contributed by atoms with van der Waals surface area (Å²) in [4.78, 5) is 41.1. The lowest BCUT2D eigenvalue weighted by Crippen LogP contribution is -2.64. The monoisotopic (exact) mass is 411 g/mol. The van der Waals surface area contributed by atoms with E-state index in [9.17, 15) is 14.4 Å². The summed E-state index contributed by atoms with van der Waals surface area (Å²) in [5, 5.41) is 0. The Kier molecular flexibility index (Phi) is 4.63. The Morgan fingerprint density at radius 3 is 2.17 bits per heavy atom. The SMILES string of the molecule is COC(=O)C1(C(=O)OC)O[C@H](c2ccc(C)cc2)O[C@@]12C(=O)N(C)c1ccccc12. The van der Waals surface area contributed by atoms with Crippen molar-refractivity contribution < 1.29 is 33.3 Å². The number of carbonyl (C=O) groups excluding carboxylic acids is 3. The molecule has 0 bridgehead atoms. The molecule has 2 aromatic rings. The third-order valence-electron chi connectivity index (χ3n) is 5.61. The normalized spacial score (nSPS) is 24.1. The van der Waals surface area contributed by atoms with Crippen molar-refractivity contribution in [1.29, 1.82) is 0 Å². The quantitative estimate of drug-likeness (QED) is 0.564. The van der Waals surface area contributed by atoms with Gasteiger partial charge in [-0.25, -0.2) is 9.59 Å². The number of nitrogens with zero attached hydrogens (tertiary/aromatic N) is 1. The fourth-order valence-electron chi connectivity index (χ4n) is 4.10. The Hall–Kier alpha value is -3.23. The highest BCUT2D eigenvalue weighted by molar-refractivity contribution is 6.18. The lowest BCUT2D eigenvalue weighted by atomic mass is 9.78. The predicted molar refractivity (Wildman–Crippen MR) is 104 cm³/mol. The van der Waals surface area contributed by atoms with Crippen LogP contribution in [-0.2, 0) is 38.9 Å². The molecule has 1 saturated heterocycles. The van der Waals surface area contributed by atoms with Crippen LogP contribution in [0.3, 0.4) is 0 Å². The summed E-state index contributed by atoms with van der Waals surface area (Å²) in [5.41, 5.74) is -2.23. The van der Waals surface area contributed by atoms with E-state index in [1.165, 1.54) is 11.9 Å². The number of ether oxygens (including phenoxy) is 4. The predicted octanol–water partition coefficient (Wildman–Crippen LogP) is 2.00. The molecule has 2 atom stereocenters. The molecule has 0 unspecified atom stereocenters. The van der Waals surface area contributed by atoms with E-state index in [1.54, 1.807) is 36.4 Å². The zero-order chi connectivity index (χ0) is 21.7. The maximum Gasteiger partial charge on any atom is 0.354 e. The van der Waals surface area contributed by atoms with E-state index in [0.717, 1.165) is 19.8 Å². The molecule has 0 aromatic heterocycles. The molecule has 2 heterocycles. The summed E-state index contributed by atoms with van der Waals surface area (Å²) in [6.45, 7) is 1.92. The average molecular weight is 411 g/mol. The van der Waals surface area contributed by atoms with Crippen LogP contribution in [0.5, 0.6) is 0 Å². The highest BCUT2D eigenvalue weighted by Gasteiger charge is 2.79. The number of esters is 2. The van der Waals surface area contributed by atoms with Gasteiger partial charge in [0.25, 0.3) is 5.91 Å². The van der Waals surface area contributed by atoms with E-state index in [0.29, 0.717) is 16.8 Å². The van der Waals surface area contributed by atoms with Crippen molar-refractivity contribution in [3.05, 3.63) is 65.2 Å².